The fraction of sp³-hybridized carbons (Fsp3) is 0.231. The lowest BCUT2D eigenvalue weighted by atomic mass is 9.93. The second-order valence-electron chi connectivity index (χ2n) is 7.29. The van der Waals surface area contributed by atoms with Crippen molar-refractivity contribution in [1.29, 1.82) is 0 Å². The van der Waals surface area contributed by atoms with Crippen LogP contribution in [0.2, 0.25) is 0 Å². The van der Waals surface area contributed by atoms with Crippen LogP contribution in [0.4, 0.5) is 4.39 Å². The van der Waals surface area contributed by atoms with Crippen LogP contribution in [0.1, 0.15) is 36.3 Å². The molecule has 0 atom stereocenters. The Morgan fingerprint density at radius 3 is 2.44 bits per heavy atom. The van der Waals surface area contributed by atoms with E-state index in [4.69, 9.17) is 5.73 Å². The summed E-state index contributed by atoms with van der Waals surface area (Å²) in [6.07, 6.45) is 7.78. The van der Waals surface area contributed by atoms with Crippen LogP contribution in [-0.2, 0) is 0 Å². The van der Waals surface area contributed by atoms with E-state index in [0.29, 0.717) is 6.42 Å². The Bertz CT molecular complexity index is 1110. The first-order chi connectivity index (χ1) is 15.3. The van der Waals surface area contributed by atoms with Crippen molar-refractivity contribution in [2.45, 2.75) is 20.3 Å². The summed E-state index contributed by atoms with van der Waals surface area (Å²) in [5.74, 6) is 5.97. The van der Waals surface area contributed by atoms with Gasteiger partial charge in [0.15, 0.2) is 0 Å². The Kier molecular flexibility index (Phi) is 9.86. The summed E-state index contributed by atoms with van der Waals surface area (Å²) in [5.41, 5.74) is 11.5. The van der Waals surface area contributed by atoms with Gasteiger partial charge in [-0.05, 0) is 66.4 Å². The molecule has 2 rings (SSSR count). The second-order valence-corrected chi connectivity index (χ2v) is 8.57. The number of allylic oxidation sites excluding steroid dienone is 6. The van der Waals surface area contributed by atoms with Gasteiger partial charge in [-0.1, -0.05) is 30.0 Å². The maximum atomic E-state index is 13.6. The summed E-state index contributed by atoms with van der Waals surface area (Å²) < 4.78 is 13.6. The highest BCUT2D eigenvalue weighted by molar-refractivity contribution is 7.83. The number of nitrogens with two attached hydrogens (primary N) is 1. The van der Waals surface area contributed by atoms with E-state index in [9.17, 15) is 9.50 Å². The Morgan fingerprint density at radius 2 is 1.88 bits per heavy atom. The third-order valence-corrected chi connectivity index (χ3v) is 6.26. The van der Waals surface area contributed by atoms with Crippen LogP contribution < -0.4 is 5.73 Å². The van der Waals surface area contributed by atoms with Crippen molar-refractivity contribution >= 4 is 35.1 Å². The average molecular weight is 469 g/mol. The van der Waals surface area contributed by atoms with E-state index in [1.54, 1.807) is 23.6 Å². The molecule has 1 heterocycles. The smallest absolute Gasteiger partial charge is 0.123 e. The molecule has 0 aliphatic carbocycles. The van der Waals surface area contributed by atoms with Gasteiger partial charge in [0.25, 0.3) is 0 Å². The highest BCUT2D eigenvalue weighted by Crippen LogP contribution is 2.44. The topological polar surface area (TPSA) is 49.5 Å². The molecule has 0 amide bonds. The molecule has 0 saturated heterocycles. The largest absolute Gasteiger partial charge is 0.405 e. The number of aliphatic hydroxyl groups excluding tert-OH is 1. The van der Waals surface area contributed by atoms with E-state index < -0.39 is 0 Å². The van der Waals surface area contributed by atoms with Crippen molar-refractivity contribution in [3.63, 3.8) is 0 Å². The molecule has 1 aromatic heterocycles. The standard InChI is InChI=1S/C26H29FN2OS2/c1-18(8-9-19(2)29(3)4)24-23(7-5-6-16-30)32-26(20-10-12-22(27)13-11-20)25(24)21(17-31)14-15-28/h8-15,17,30-31H,6,16,28H2,1-4H3/b15-14-,18-8+,19-9+,21-17+. The normalized spacial score (nSPS) is 12.8. The number of hydrogen-bond donors (Lipinski definition) is 3. The molecule has 0 saturated carbocycles. The summed E-state index contributed by atoms with van der Waals surface area (Å²) in [5, 5.41) is 10.9. The molecule has 3 nitrogen and oxygen atoms in total. The van der Waals surface area contributed by atoms with Gasteiger partial charge in [-0.3, -0.25) is 0 Å². The summed E-state index contributed by atoms with van der Waals surface area (Å²) in [6.45, 7) is 4.09. The number of thiol groups is 1. The van der Waals surface area contributed by atoms with E-state index in [0.717, 1.165) is 43.3 Å². The van der Waals surface area contributed by atoms with Crippen molar-refractivity contribution in [2.24, 2.45) is 5.73 Å². The molecule has 0 spiro atoms. The predicted octanol–water partition coefficient (Wildman–Crippen LogP) is 5.90. The number of nitrogens with zero attached hydrogens (tertiary/aromatic N) is 1. The van der Waals surface area contributed by atoms with E-state index in [1.165, 1.54) is 29.7 Å². The molecule has 2 aromatic rings. The molecule has 0 bridgehead atoms. The number of thiophene rings is 1. The molecule has 6 heteroatoms. The van der Waals surface area contributed by atoms with Gasteiger partial charge in [-0.25, -0.2) is 4.39 Å². The Balaban J connectivity index is 2.88. The van der Waals surface area contributed by atoms with E-state index in [2.05, 4.69) is 36.6 Å². The van der Waals surface area contributed by atoms with Gasteiger partial charge in [0, 0.05) is 42.2 Å². The fourth-order valence-corrected chi connectivity index (χ4v) is 4.43. The summed E-state index contributed by atoms with van der Waals surface area (Å²) in [6, 6.07) is 6.42. The molecular formula is C26H29FN2OS2. The molecule has 1 aromatic carbocycles. The van der Waals surface area contributed by atoms with Gasteiger partial charge in [-0.15, -0.1) is 11.3 Å². The van der Waals surface area contributed by atoms with Crippen LogP contribution in [0.3, 0.4) is 0 Å². The monoisotopic (exact) mass is 468 g/mol. The SMILES string of the molecule is C/C(=C\C=C(/C)N(C)C)c1c(C#CCCO)sc(-c2ccc(F)cc2)c1C(/C=C\N)=C/S. The van der Waals surface area contributed by atoms with Crippen LogP contribution in [0.5, 0.6) is 0 Å². The quantitative estimate of drug-likeness (QED) is 0.269. The number of aliphatic hydroxyl groups is 1. The first-order valence-corrected chi connectivity index (χ1v) is 11.5. The summed E-state index contributed by atoms with van der Waals surface area (Å²) >= 11 is 5.96. The Hall–Kier alpha value is -2.72. The van der Waals surface area contributed by atoms with E-state index >= 15 is 0 Å². The molecule has 0 radical (unpaired) electrons. The van der Waals surface area contributed by atoms with Crippen molar-refractivity contribution < 1.29 is 9.50 Å². The molecule has 0 aliphatic heterocycles. The van der Waals surface area contributed by atoms with Crippen LogP contribution in [-0.4, -0.2) is 30.7 Å². The van der Waals surface area contributed by atoms with Crippen molar-refractivity contribution in [3.8, 4) is 22.3 Å². The first-order valence-electron chi connectivity index (χ1n) is 10.1. The maximum Gasteiger partial charge on any atom is 0.123 e. The van der Waals surface area contributed by atoms with Gasteiger partial charge in [0.05, 0.1) is 11.5 Å². The minimum absolute atomic E-state index is 0.00266. The molecule has 0 fully saturated rings. The number of hydrogen-bond acceptors (Lipinski definition) is 5. The molecule has 168 valence electrons. The number of halogens is 1. The molecule has 0 aliphatic rings. The van der Waals surface area contributed by atoms with Gasteiger partial charge >= 0.3 is 0 Å². The number of benzene rings is 1. The Morgan fingerprint density at radius 1 is 1.19 bits per heavy atom. The minimum atomic E-state index is -0.290. The first kappa shape index (κ1) is 25.5. The molecule has 0 unspecified atom stereocenters. The summed E-state index contributed by atoms with van der Waals surface area (Å²) in [7, 11) is 3.99. The van der Waals surface area contributed by atoms with Crippen molar-refractivity contribution in [3.05, 3.63) is 81.6 Å². The van der Waals surface area contributed by atoms with Crippen LogP contribution in [0, 0.1) is 17.7 Å². The van der Waals surface area contributed by atoms with Crippen LogP contribution in [0.15, 0.2) is 59.8 Å². The third kappa shape index (κ3) is 6.39. The van der Waals surface area contributed by atoms with Crippen molar-refractivity contribution in [2.75, 3.05) is 20.7 Å². The van der Waals surface area contributed by atoms with E-state index in [-0.39, 0.29) is 12.4 Å². The lowest BCUT2D eigenvalue weighted by Gasteiger charge is -2.12. The van der Waals surface area contributed by atoms with Gasteiger partial charge in [-0.2, -0.15) is 12.6 Å². The van der Waals surface area contributed by atoms with Crippen molar-refractivity contribution in [1.82, 2.24) is 4.90 Å². The predicted molar refractivity (Wildman–Crippen MR) is 140 cm³/mol. The third-order valence-electron chi connectivity index (χ3n) is 4.83. The highest BCUT2D eigenvalue weighted by atomic mass is 32.1. The minimum Gasteiger partial charge on any atom is -0.405 e. The van der Waals surface area contributed by atoms with Gasteiger partial charge < -0.3 is 15.7 Å². The second kappa shape index (κ2) is 12.4. The van der Waals surface area contributed by atoms with Gasteiger partial charge in [0.2, 0.25) is 0 Å². The van der Waals surface area contributed by atoms with Gasteiger partial charge in [0.1, 0.15) is 5.82 Å². The molecular weight excluding hydrogens is 439 g/mol. The summed E-state index contributed by atoms with van der Waals surface area (Å²) in [4.78, 5) is 3.86. The maximum absolute atomic E-state index is 13.6. The van der Waals surface area contributed by atoms with Crippen LogP contribution in [0.25, 0.3) is 21.6 Å². The Labute approximate surface area is 199 Å². The van der Waals surface area contributed by atoms with Crippen LogP contribution >= 0.6 is 24.0 Å². The molecule has 32 heavy (non-hydrogen) atoms. The lowest BCUT2D eigenvalue weighted by molar-refractivity contribution is 0.305. The number of rotatable bonds is 7. The zero-order chi connectivity index (χ0) is 23.7. The molecule has 3 N–H and O–H groups in total. The highest BCUT2D eigenvalue weighted by Gasteiger charge is 2.21. The average Bonchev–Trinajstić information content (AvgIpc) is 3.15. The zero-order valence-corrected chi connectivity index (χ0v) is 20.5. The van der Waals surface area contributed by atoms with E-state index in [1.807, 2.05) is 32.8 Å². The lowest BCUT2D eigenvalue weighted by Crippen LogP contribution is -2.07. The fourth-order valence-electron chi connectivity index (χ4n) is 2.95. The zero-order valence-electron chi connectivity index (χ0n) is 18.8.